The number of imidazole rings is 1. The maximum atomic E-state index is 13.6. The summed E-state index contributed by atoms with van der Waals surface area (Å²) >= 11 is 6.90. The maximum Gasteiger partial charge on any atom is 0.335 e. The molecule has 256 valence electrons. The van der Waals surface area contributed by atoms with Gasteiger partial charge >= 0.3 is 5.97 Å². The van der Waals surface area contributed by atoms with Gasteiger partial charge in [-0.2, -0.15) is 0 Å². The third-order valence-electron chi connectivity index (χ3n) is 9.20. The smallest absolute Gasteiger partial charge is 0.335 e. The molecule has 0 spiro atoms. The number of aromatic nitrogens is 3. The van der Waals surface area contributed by atoms with Crippen LogP contribution < -0.4 is 10.5 Å². The van der Waals surface area contributed by atoms with E-state index >= 15 is 0 Å². The first kappa shape index (κ1) is 33.7. The van der Waals surface area contributed by atoms with Gasteiger partial charge in [-0.15, -0.1) is 0 Å². The highest BCUT2D eigenvalue weighted by Crippen LogP contribution is 2.43. The summed E-state index contributed by atoms with van der Waals surface area (Å²) < 4.78 is 14.4. The van der Waals surface area contributed by atoms with Crippen LogP contribution in [-0.2, 0) is 23.0 Å². The molecule has 3 N–H and O–H groups in total. The second-order valence-electron chi connectivity index (χ2n) is 12.3. The molecule has 2 fully saturated rings. The van der Waals surface area contributed by atoms with Gasteiger partial charge in [0.1, 0.15) is 22.2 Å². The molecule has 0 aliphatic carbocycles. The summed E-state index contributed by atoms with van der Waals surface area (Å²) in [5.41, 5.74) is 13.5. The molecule has 2 saturated heterocycles. The van der Waals surface area contributed by atoms with Crippen LogP contribution in [0.4, 0.5) is 5.95 Å². The Bertz CT molecular complexity index is 2180. The lowest BCUT2D eigenvalue weighted by Gasteiger charge is -2.26. The first-order valence-corrected chi connectivity index (χ1v) is 17.6. The van der Waals surface area contributed by atoms with E-state index in [0.29, 0.717) is 40.5 Å². The fourth-order valence-corrected chi connectivity index (χ4v) is 7.83. The van der Waals surface area contributed by atoms with Gasteiger partial charge in [-0.1, -0.05) is 42.2 Å². The van der Waals surface area contributed by atoms with Gasteiger partial charge in [-0.3, -0.25) is 19.6 Å². The van der Waals surface area contributed by atoms with Crippen molar-refractivity contribution in [3.8, 4) is 16.9 Å². The number of anilines is 1. The van der Waals surface area contributed by atoms with Crippen LogP contribution in [0.2, 0.25) is 0 Å². The Balaban J connectivity index is 1.23. The number of rotatable bonds is 10. The molecular formula is C37H36N6O5S2. The zero-order valence-corrected chi connectivity index (χ0v) is 29.4. The number of hydrogen-bond donors (Lipinski definition) is 2. The topological polar surface area (TPSA) is 136 Å². The number of thioether (sulfide) groups is 1. The van der Waals surface area contributed by atoms with Crippen molar-refractivity contribution in [1.29, 1.82) is 0 Å². The van der Waals surface area contributed by atoms with Crippen molar-refractivity contribution < 1.29 is 24.2 Å². The number of ether oxygens (including phenoxy) is 2. The van der Waals surface area contributed by atoms with E-state index in [9.17, 15) is 14.7 Å². The Morgan fingerprint density at radius 2 is 1.90 bits per heavy atom. The van der Waals surface area contributed by atoms with Crippen LogP contribution in [0, 0.1) is 6.92 Å². The normalized spacial score (nSPS) is 16.3. The van der Waals surface area contributed by atoms with Crippen LogP contribution in [0.3, 0.4) is 0 Å². The number of nitrogen functional groups attached to an aromatic ring is 1. The van der Waals surface area contributed by atoms with Crippen molar-refractivity contribution in [2.45, 2.75) is 13.3 Å². The molecule has 13 heteroatoms. The average molecular weight is 709 g/mol. The number of carbonyl (C=O) groups excluding carboxylic acids is 1. The molecule has 4 heterocycles. The quantitative estimate of drug-likeness (QED) is 0.140. The van der Waals surface area contributed by atoms with Crippen LogP contribution in [0.1, 0.15) is 27.0 Å². The Kier molecular flexibility index (Phi) is 9.56. The lowest BCUT2D eigenvalue weighted by Crippen LogP contribution is -2.38. The number of benzene rings is 3. The summed E-state index contributed by atoms with van der Waals surface area (Å²) in [6.07, 6.45) is 4.19. The molecule has 2 aliphatic heterocycles. The summed E-state index contributed by atoms with van der Waals surface area (Å²) in [5.74, 6) is -0.0114. The summed E-state index contributed by atoms with van der Waals surface area (Å²) in [6, 6.07) is 16.5. The number of nitrogens with two attached hydrogens (primary N) is 1. The number of carboxylic acids is 1. The molecule has 50 heavy (non-hydrogen) atoms. The Labute approximate surface area is 298 Å². The number of pyridine rings is 1. The molecule has 1 amide bonds. The summed E-state index contributed by atoms with van der Waals surface area (Å²) in [4.78, 5) is 38.8. The first-order valence-electron chi connectivity index (χ1n) is 16.3. The average Bonchev–Trinajstić information content (AvgIpc) is 3.57. The fourth-order valence-electron chi connectivity index (χ4n) is 6.52. The highest BCUT2D eigenvalue weighted by Gasteiger charge is 2.32. The monoisotopic (exact) mass is 708 g/mol. The Hall–Kier alpha value is -4.82. The van der Waals surface area contributed by atoms with E-state index in [2.05, 4.69) is 16.8 Å². The van der Waals surface area contributed by atoms with Crippen LogP contribution in [0.5, 0.6) is 5.75 Å². The van der Waals surface area contributed by atoms with Gasteiger partial charge in [0.25, 0.3) is 5.91 Å². The zero-order chi connectivity index (χ0) is 34.9. The van der Waals surface area contributed by atoms with Crippen LogP contribution in [0.25, 0.3) is 39.1 Å². The molecule has 7 rings (SSSR count). The van der Waals surface area contributed by atoms with Crippen molar-refractivity contribution in [2.75, 3.05) is 51.7 Å². The van der Waals surface area contributed by atoms with Crippen molar-refractivity contribution in [3.05, 3.63) is 88.0 Å². The Morgan fingerprint density at radius 3 is 2.66 bits per heavy atom. The van der Waals surface area contributed by atoms with Crippen LogP contribution in [0.15, 0.2) is 65.7 Å². The standard InChI is InChI=1S/C37H36N6O5S2/c1-22-30(31-26(4-3-12-39-31)32-33(22)41(2)36(38)40-32)27-20-24(7-10-28(27)48-19-16-42-14-17-47-18-15-42)21-29-34(44)43(37(49)50-29)13-11-23-5-8-25(9-6-23)35(45)46/h3-10,12,20-21H,11,13-19H2,1-2H3,(H2,38,40)(H,45,46)/b29-21-. The van der Waals surface area contributed by atoms with E-state index in [1.54, 1.807) is 35.4 Å². The number of thiocarbonyl (C=S) groups is 1. The SMILES string of the molecule is Cc1c(-c2cc(/C=C3\SC(=S)N(CCc4ccc(C(=O)O)cc4)C3=O)ccc2OCCN2CCOCC2)c2ncccc2c2nc(N)n(C)c12. The van der Waals surface area contributed by atoms with Crippen molar-refractivity contribution in [1.82, 2.24) is 24.3 Å². The van der Waals surface area contributed by atoms with E-state index < -0.39 is 5.97 Å². The molecule has 0 bridgehead atoms. The van der Waals surface area contributed by atoms with E-state index in [1.165, 1.54) is 11.8 Å². The molecule has 0 radical (unpaired) electrons. The number of morpholine rings is 1. The van der Waals surface area contributed by atoms with Crippen LogP contribution >= 0.6 is 24.0 Å². The maximum absolute atomic E-state index is 13.6. The molecule has 0 saturated carbocycles. The lowest BCUT2D eigenvalue weighted by atomic mass is 9.93. The largest absolute Gasteiger partial charge is 0.492 e. The highest BCUT2D eigenvalue weighted by atomic mass is 32.2. The van der Waals surface area contributed by atoms with Crippen molar-refractivity contribution in [3.63, 3.8) is 0 Å². The molecule has 0 atom stereocenters. The number of aromatic carboxylic acids is 1. The van der Waals surface area contributed by atoms with Crippen molar-refractivity contribution in [2.24, 2.45) is 7.05 Å². The van der Waals surface area contributed by atoms with Gasteiger partial charge in [0.2, 0.25) is 5.95 Å². The number of amides is 1. The van der Waals surface area contributed by atoms with Crippen molar-refractivity contribution >= 4 is 74.1 Å². The number of nitrogens with zero attached hydrogens (tertiary/aromatic N) is 5. The zero-order valence-electron chi connectivity index (χ0n) is 27.7. The highest BCUT2D eigenvalue weighted by molar-refractivity contribution is 8.26. The molecule has 2 aliphatic rings. The van der Waals surface area contributed by atoms with Gasteiger partial charge in [-0.05, 0) is 72.5 Å². The summed E-state index contributed by atoms with van der Waals surface area (Å²) in [5, 5.41) is 10.1. The molecular weight excluding hydrogens is 673 g/mol. The number of fused-ring (bicyclic) bond motifs is 3. The van der Waals surface area contributed by atoms with E-state index in [-0.39, 0.29) is 11.5 Å². The van der Waals surface area contributed by atoms with Crippen LogP contribution in [-0.4, -0.2) is 91.6 Å². The number of carboxylic acid groups (broad SMARTS) is 1. The number of carbonyl (C=O) groups is 2. The molecule has 11 nitrogen and oxygen atoms in total. The second kappa shape index (κ2) is 14.2. The third kappa shape index (κ3) is 6.56. The van der Waals surface area contributed by atoms with E-state index in [1.807, 2.05) is 48.0 Å². The van der Waals surface area contributed by atoms with E-state index in [4.69, 9.17) is 32.4 Å². The van der Waals surface area contributed by atoms with Gasteiger partial charge in [0.05, 0.1) is 34.7 Å². The number of hydrogen-bond acceptors (Lipinski definition) is 10. The first-order chi connectivity index (χ1) is 24.2. The molecule has 3 aromatic carbocycles. The van der Waals surface area contributed by atoms with E-state index in [0.717, 1.165) is 82.6 Å². The number of aryl methyl sites for hydroxylation is 2. The van der Waals surface area contributed by atoms with Gasteiger partial charge in [0, 0.05) is 55.9 Å². The molecule has 5 aromatic rings. The molecule has 0 unspecified atom stereocenters. The van der Waals surface area contributed by atoms with Gasteiger partial charge in [0.15, 0.2) is 0 Å². The summed E-state index contributed by atoms with van der Waals surface area (Å²) in [6.45, 7) is 6.89. The predicted octanol–water partition coefficient (Wildman–Crippen LogP) is 5.53. The minimum absolute atomic E-state index is 0.162. The van der Waals surface area contributed by atoms with Gasteiger partial charge < -0.3 is 24.9 Å². The fraction of sp³-hybridized carbons (Fsp3) is 0.270. The molecule has 2 aromatic heterocycles. The van der Waals surface area contributed by atoms with Gasteiger partial charge in [-0.25, -0.2) is 9.78 Å². The minimum Gasteiger partial charge on any atom is -0.492 e. The predicted molar refractivity (Wildman–Crippen MR) is 200 cm³/mol. The second-order valence-corrected chi connectivity index (χ2v) is 13.9. The minimum atomic E-state index is -0.976. The summed E-state index contributed by atoms with van der Waals surface area (Å²) in [7, 11) is 1.91. The third-order valence-corrected chi connectivity index (χ3v) is 10.6. The Morgan fingerprint density at radius 1 is 1.12 bits per heavy atom. The lowest BCUT2D eigenvalue weighted by molar-refractivity contribution is -0.122.